The van der Waals surface area contributed by atoms with Crippen molar-refractivity contribution >= 4 is 45.3 Å². The highest BCUT2D eigenvalue weighted by atomic mass is 35.5. The maximum Gasteiger partial charge on any atom is 0.229 e. The number of nitrogens with one attached hydrogen (secondary N) is 1. The van der Waals surface area contributed by atoms with E-state index in [1.807, 2.05) is 13.0 Å². The molecule has 32 heavy (non-hydrogen) atoms. The fourth-order valence-corrected chi connectivity index (χ4v) is 4.96. The van der Waals surface area contributed by atoms with E-state index in [-0.39, 0.29) is 12.3 Å². The number of ether oxygens (including phenoxy) is 2. The number of carbonyl (C=O) groups is 1. The molecule has 3 aromatic carbocycles. The third-order valence-corrected chi connectivity index (χ3v) is 6.68. The van der Waals surface area contributed by atoms with E-state index in [0.717, 1.165) is 22.0 Å². The molecule has 0 spiro atoms. The highest BCUT2D eigenvalue weighted by Crippen LogP contribution is 2.36. The van der Waals surface area contributed by atoms with Crippen LogP contribution in [0.2, 0.25) is 5.02 Å². The summed E-state index contributed by atoms with van der Waals surface area (Å²) in [5, 5.41) is 6.75. The third kappa shape index (κ3) is 4.71. The summed E-state index contributed by atoms with van der Waals surface area (Å²) in [4.78, 5) is 18.4. The van der Waals surface area contributed by atoms with Crippen molar-refractivity contribution in [2.45, 2.75) is 19.8 Å². The van der Waals surface area contributed by atoms with Crippen molar-refractivity contribution in [3.05, 3.63) is 80.8 Å². The van der Waals surface area contributed by atoms with E-state index in [2.05, 4.69) is 41.7 Å². The van der Waals surface area contributed by atoms with Crippen LogP contribution in [0.15, 0.2) is 54.6 Å². The van der Waals surface area contributed by atoms with Crippen LogP contribution in [0.5, 0.6) is 11.5 Å². The van der Waals surface area contributed by atoms with Crippen molar-refractivity contribution < 1.29 is 14.3 Å². The number of benzene rings is 3. The van der Waals surface area contributed by atoms with Crippen molar-refractivity contribution in [2.24, 2.45) is 0 Å². The van der Waals surface area contributed by atoms with Gasteiger partial charge in [0.2, 0.25) is 5.91 Å². The van der Waals surface area contributed by atoms with E-state index in [0.29, 0.717) is 22.2 Å². The molecule has 0 unspecified atom stereocenters. The number of aromatic nitrogens is 1. The molecule has 0 saturated heterocycles. The Balaban J connectivity index is 1.51. The van der Waals surface area contributed by atoms with Crippen LogP contribution in [0.3, 0.4) is 0 Å². The predicted molar refractivity (Wildman–Crippen MR) is 130 cm³/mol. The van der Waals surface area contributed by atoms with Gasteiger partial charge in [-0.25, -0.2) is 4.98 Å². The molecule has 4 rings (SSSR count). The summed E-state index contributed by atoms with van der Waals surface area (Å²) in [6, 6.07) is 17.9. The van der Waals surface area contributed by atoms with Crippen LogP contribution in [0, 0.1) is 6.92 Å². The SMILES string of the molecule is COc1cc(NC(=O)Cc2sc(Cc3cccc4ccccc34)nc2C)c(OC)cc1Cl. The van der Waals surface area contributed by atoms with E-state index in [9.17, 15) is 4.79 Å². The second-order valence-corrected chi connectivity index (χ2v) is 8.92. The number of rotatable bonds is 7. The second-order valence-electron chi connectivity index (χ2n) is 7.34. The Kier molecular flexibility index (Phi) is 6.63. The van der Waals surface area contributed by atoms with E-state index in [1.54, 1.807) is 23.5 Å². The molecule has 5 nitrogen and oxygen atoms in total. The van der Waals surface area contributed by atoms with Gasteiger partial charge in [0.15, 0.2) is 0 Å². The summed E-state index contributed by atoms with van der Waals surface area (Å²) >= 11 is 7.72. The molecule has 0 radical (unpaired) electrons. The number of halogens is 1. The van der Waals surface area contributed by atoms with Crippen LogP contribution < -0.4 is 14.8 Å². The van der Waals surface area contributed by atoms with Crippen LogP contribution in [0.1, 0.15) is 21.1 Å². The lowest BCUT2D eigenvalue weighted by atomic mass is 10.0. The Hall–Kier alpha value is -3.09. The second kappa shape index (κ2) is 9.59. The van der Waals surface area contributed by atoms with Gasteiger partial charge in [0.05, 0.1) is 42.1 Å². The monoisotopic (exact) mass is 466 g/mol. The van der Waals surface area contributed by atoms with Gasteiger partial charge in [0.25, 0.3) is 0 Å². The Labute approximate surface area is 196 Å². The Morgan fingerprint density at radius 1 is 1.06 bits per heavy atom. The first-order chi connectivity index (χ1) is 15.5. The summed E-state index contributed by atoms with van der Waals surface area (Å²) in [6.07, 6.45) is 0.962. The molecule has 1 heterocycles. The van der Waals surface area contributed by atoms with Gasteiger partial charge in [-0.2, -0.15) is 0 Å². The summed E-state index contributed by atoms with van der Waals surface area (Å²) < 4.78 is 10.6. The Bertz CT molecular complexity index is 1280. The normalized spacial score (nSPS) is 10.9. The van der Waals surface area contributed by atoms with Crippen molar-refractivity contribution in [1.29, 1.82) is 0 Å². The summed E-state index contributed by atoms with van der Waals surface area (Å²) in [6.45, 7) is 1.94. The van der Waals surface area contributed by atoms with Crippen LogP contribution in [0.25, 0.3) is 10.8 Å². The minimum absolute atomic E-state index is 0.156. The molecule has 0 bridgehead atoms. The molecule has 7 heteroatoms. The van der Waals surface area contributed by atoms with Crippen LogP contribution in [-0.2, 0) is 17.6 Å². The average molecular weight is 467 g/mol. The molecule has 0 saturated carbocycles. The van der Waals surface area contributed by atoms with Gasteiger partial charge >= 0.3 is 0 Å². The Morgan fingerprint density at radius 2 is 1.81 bits per heavy atom. The predicted octanol–water partition coefficient (Wildman–Crippen LogP) is 6.05. The molecule has 1 aromatic heterocycles. The van der Waals surface area contributed by atoms with Gasteiger partial charge in [-0.15, -0.1) is 11.3 Å². The van der Waals surface area contributed by atoms with Crippen molar-refractivity contribution in [2.75, 3.05) is 19.5 Å². The number of anilines is 1. The standard InChI is InChI=1S/C25H23ClN2O3S/c1-15-23(14-24(29)28-20-13-21(30-2)19(26)12-22(20)31-3)32-25(27-15)11-17-9-6-8-16-7-4-5-10-18(16)17/h4-10,12-13H,11,14H2,1-3H3,(H,28,29). The zero-order valence-corrected chi connectivity index (χ0v) is 19.6. The van der Waals surface area contributed by atoms with Crippen LogP contribution >= 0.6 is 22.9 Å². The minimum Gasteiger partial charge on any atom is -0.495 e. The van der Waals surface area contributed by atoms with Gasteiger partial charge in [-0.1, -0.05) is 54.1 Å². The summed E-state index contributed by atoms with van der Waals surface area (Å²) in [7, 11) is 3.05. The molecule has 4 aromatic rings. The van der Waals surface area contributed by atoms with Gasteiger partial charge in [-0.05, 0) is 23.3 Å². The lowest BCUT2D eigenvalue weighted by molar-refractivity contribution is -0.115. The average Bonchev–Trinajstić information content (AvgIpc) is 3.13. The molecular formula is C25H23ClN2O3S. The molecule has 0 aliphatic heterocycles. The number of nitrogens with zero attached hydrogens (tertiary/aromatic N) is 1. The van der Waals surface area contributed by atoms with Crippen LogP contribution in [0.4, 0.5) is 5.69 Å². The van der Waals surface area contributed by atoms with Crippen molar-refractivity contribution in [3.8, 4) is 11.5 Å². The van der Waals surface area contributed by atoms with E-state index >= 15 is 0 Å². The number of thiazole rings is 1. The van der Waals surface area contributed by atoms with Gasteiger partial charge in [0, 0.05) is 23.4 Å². The first kappa shape index (κ1) is 22.1. The lowest BCUT2D eigenvalue weighted by Gasteiger charge is -2.13. The smallest absolute Gasteiger partial charge is 0.229 e. The summed E-state index contributed by atoms with van der Waals surface area (Å²) in [5.41, 5.74) is 2.61. The number of fused-ring (bicyclic) bond motifs is 1. The number of aryl methyl sites for hydroxylation is 1. The molecule has 0 fully saturated rings. The zero-order valence-electron chi connectivity index (χ0n) is 18.1. The maximum atomic E-state index is 12.8. The van der Waals surface area contributed by atoms with E-state index in [4.69, 9.17) is 26.1 Å². The number of amides is 1. The quantitative estimate of drug-likeness (QED) is 0.360. The largest absolute Gasteiger partial charge is 0.495 e. The highest BCUT2D eigenvalue weighted by Gasteiger charge is 2.16. The number of carbonyl (C=O) groups excluding carboxylic acids is 1. The number of hydrogen-bond donors (Lipinski definition) is 1. The molecule has 1 amide bonds. The number of hydrogen-bond acceptors (Lipinski definition) is 5. The molecule has 0 aliphatic rings. The minimum atomic E-state index is -0.156. The molecular weight excluding hydrogens is 444 g/mol. The lowest BCUT2D eigenvalue weighted by Crippen LogP contribution is -2.15. The van der Waals surface area contributed by atoms with Gasteiger partial charge in [-0.3, -0.25) is 4.79 Å². The molecule has 0 atom stereocenters. The Morgan fingerprint density at radius 3 is 2.59 bits per heavy atom. The molecule has 0 aliphatic carbocycles. The van der Waals surface area contributed by atoms with E-state index in [1.165, 1.54) is 30.6 Å². The third-order valence-electron chi connectivity index (χ3n) is 5.23. The van der Waals surface area contributed by atoms with E-state index < -0.39 is 0 Å². The topological polar surface area (TPSA) is 60.5 Å². The first-order valence-corrected chi connectivity index (χ1v) is 11.3. The maximum absolute atomic E-state index is 12.8. The molecule has 164 valence electrons. The number of methoxy groups -OCH3 is 2. The highest BCUT2D eigenvalue weighted by molar-refractivity contribution is 7.11. The fraction of sp³-hybridized carbons (Fsp3) is 0.200. The van der Waals surface area contributed by atoms with Gasteiger partial charge in [0.1, 0.15) is 11.5 Å². The zero-order chi connectivity index (χ0) is 22.7. The summed E-state index contributed by atoms with van der Waals surface area (Å²) in [5.74, 6) is 0.784. The first-order valence-electron chi connectivity index (χ1n) is 10.1. The molecule has 1 N–H and O–H groups in total. The van der Waals surface area contributed by atoms with Gasteiger partial charge < -0.3 is 14.8 Å². The van der Waals surface area contributed by atoms with Crippen molar-refractivity contribution in [1.82, 2.24) is 4.98 Å². The fourth-order valence-electron chi connectivity index (χ4n) is 3.64. The van der Waals surface area contributed by atoms with Crippen molar-refractivity contribution in [3.63, 3.8) is 0 Å². The van der Waals surface area contributed by atoms with Crippen LogP contribution in [-0.4, -0.2) is 25.1 Å².